The van der Waals surface area contributed by atoms with E-state index in [-0.39, 0.29) is 5.91 Å². The molecule has 3 heterocycles. The van der Waals surface area contributed by atoms with Gasteiger partial charge in [-0.3, -0.25) is 9.69 Å². The largest absolute Gasteiger partial charge is 0.333 e. The first-order valence-electron chi connectivity index (χ1n) is 6.40. The minimum absolute atomic E-state index is 0.163. The average molecular weight is 261 g/mol. The number of amides is 1. The minimum Gasteiger partial charge on any atom is -0.333 e. The van der Waals surface area contributed by atoms with Crippen LogP contribution in [0.3, 0.4) is 0 Å². The number of anilines is 1. The second-order valence-electron chi connectivity index (χ2n) is 5.11. The summed E-state index contributed by atoms with van der Waals surface area (Å²) in [6.45, 7) is 5.85. The first kappa shape index (κ1) is 10.6. The van der Waals surface area contributed by atoms with Crippen LogP contribution < -0.4 is 10.6 Å². The highest BCUT2D eigenvalue weighted by atomic mass is 32.1. The highest BCUT2D eigenvalue weighted by molar-refractivity contribution is 7.16. The lowest BCUT2D eigenvalue weighted by Gasteiger charge is -2.30. The molecule has 0 radical (unpaired) electrons. The normalized spacial score (nSPS) is 22.6. The minimum atomic E-state index is 0.163. The first-order chi connectivity index (χ1) is 8.75. The highest BCUT2D eigenvalue weighted by Crippen LogP contribution is 2.43. The van der Waals surface area contributed by atoms with Crippen LogP contribution in [0.2, 0.25) is 0 Å². The van der Waals surface area contributed by atoms with Crippen LogP contribution in [0.1, 0.15) is 33.6 Å². The van der Waals surface area contributed by atoms with E-state index in [1.807, 2.05) is 4.90 Å². The fourth-order valence-corrected chi connectivity index (χ4v) is 4.03. The molecule has 0 spiro atoms. The fraction of sp³-hybridized carbons (Fsp3) is 0.462. The molecule has 0 bridgehead atoms. The van der Waals surface area contributed by atoms with Crippen molar-refractivity contribution in [3.05, 3.63) is 28.4 Å². The van der Waals surface area contributed by atoms with Gasteiger partial charge in [0, 0.05) is 17.5 Å². The zero-order chi connectivity index (χ0) is 12.3. The van der Waals surface area contributed by atoms with Gasteiger partial charge in [-0.2, -0.15) is 0 Å². The Hall–Kier alpha value is -1.33. The zero-order valence-electron chi connectivity index (χ0n) is 10.1. The molecule has 0 unspecified atom stereocenters. The molecule has 2 aliphatic heterocycles. The molecule has 3 aliphatic rings. The third kappa shape index (κ3) is 1.37. The van der Waals surface area contributed by atoms with Gasteiger partial charge in [-0.05, 0) is 31.4 Å². The van der Waals surface area contributed by atoms with Crippen molar-refractivity contribution >= 4 is 22.2 Å². The summed E-state index contributed by atoms with van der Waals surface area (Å²) >= 11 is 1.70. The van der Waals surface area contributed by atoms with Gasteiger partial charge in [0.1, 0.15) is 10.8 Å². The standard InChI is InChI=1S/C13H15N3OS/c1-7-15-12-11(13(17)16(7)8-2-3-8)9-4-5-14-6-10(9)18-12/h8,14-15H,1-6H2. The number of hydrogen-bond donors (Lipinski definition) is 2. The van der Waals surface area contributed by atoms with E-state index in [9.17, 15) is 4.79 Å². The molecule has 18 heavy (non-hydrogen) atoms. The third-order valence-electron chi connectivity index (χ3n) is 3.82. The Balaban J connectivity index is 1.83. The molecular weight excluding hydrogens is 246 g/mol. The average Bonchev–Trinajstić information content (AvgIpc) is 3.09. The molecule has 4 rings (SSSR count). The van der Waals surface area contributed by atoms with E-state index in [1.165, 1.54) is 10.4 Å². The van der Waals surface area contributed by atoms with E-state index in [0.717, 1.165) is 48.7 Å². The zero-order valence-corrected chi connectivity index (χ0v) is 10.9. The van der Waals surface area contributed by atoms with Crippen LogP contribution in [0, 0.1) is 0 Å². The van der Waals surface area contributed by atoms with Crippen LogP contribution in [0.4, 0.5) is 5.00 Å². The molecular formula is C13H15N3OS. The number of nitrogens with one attached hydrogen (secondary N) is 2. The Kier molecular flexibility index (Phi) is 2.11. The maximum absolute atomic E-state index is 12.7. The van der Waals surface area contributed by atoms with Crippen molar-refractivity contribution in [1.82, 2.24) is 10.2 Å². The lowest BCUT2D eigenvalue weighted by molar-refractivity contribution is 0.0792. The third-order valence-corrected chi connectivity index (χ3v) is 4.97. The lowest BCUT2D eigenvalue weighted by atomic mass is 10.0. The second-order valence-corrected chi connectivity index (χ2v) is 6.22. The van der Waals surface area contributed by atoms with Crippen LogP contribution in [-0.2, 0) is 13.0 Å². The smallest absolute Gasteiger partial charge is 0.262 e. The van der Waals surface area contributed by atoms with Crippen LogP contribution in [-0.4, -0.2) is 23.4 Å². The predicted molar refractivity (Wildman–Crippen MR) is 71.7 cm³/mol. The van der Waals surface area contributed by atoms with Gasteiger partial charge in [-0.25, -0.2) is 0 Å². The molecule has 94 valence electrons. The van der Waals surface area contributed by atoms with E-state index >= 15 is 0 Å². The molecule has 0 atom stereocenters. The Labute approximate surface area is 110 Å². The number of nitrogens with zero attached hydrogens (tertiary/aromatic N) is 1. The summed E-state index contributed by atoms with van der Waals surface area (Å²) in [7, 11) is 0. The molecule has 1 aromatic rings. The van der Waals surface area contributed by atoms with Gasteiger partial charge < -0.3 is 10.6 Å². The van der Waals surface area contributed by atoms with E-state index in [2.05, 4.69) is 17.2 Å². The molecule has 1 saturated carbocycles. The number of carbonyl (C=O) groups is 1. The van der Waals surface area contributed by atoms with Crippen molar-refractivity contribution in [3.63, 3.8) is 0 Å². The SMILES string of the molecule is C=C1Nc2sc3c(c2C(=O)N1C1CC1)CCNC3. The summed E-state index contributed by atoms with van der Waals surface area (Å²) in [4.78, 5) is 15.8. The molecule has 2 N–H and O–H groups in total. The second kappa shape index (κ2) is 3.59. The Morgan fingerprint density at radius 1 is 1.39 bits per heavy atom. The maximum atomic E-state index is 12.7. The molecule has 5 heteroatoms. The van der Waals surface area contributed by atoms with Crippen LogP contribution in [0.15, 0.2) is 12.4 Å². The Bertz CT molecular complexity index is 559. The topological polar surface area (TPSA) is 44.4 Å². The van der Waals surface area contributed by atoms with Crippen molar-refractivity contribution < 1.29 is 4.79 Å². The summed E-state index contributed by atoms with van der Waals surface area (Å²) in [5, 5.41) is 7.67. The van der Waals surface area contributed by atoms with Crippen LogP contribution >= 0.6 is 11.3 Å². The summed E-state index contributed by atoms with van der Waals surface area (Å²) in [6, 6.07) is 0.378. The van der Waals surface area contributed by atoms with Gasteiger partial charge >= 0.3 is 0 Å². The maximum Gasteiger partial charge on any atom is 0.262 e. The number of thiophene rings is 1. The summed E-state index contributed by atoms with van der Waals surface area (Å²) in [6.07, 6.45) is 3.17. The summed E-state index contributed by atoms with van der Waals surface area (Å²) in [5.74, 6) is 0.914. The number of rotatable bonds is 1. The van der Waals surface area contributed by atoms with Gasteiger partial charge in [0.15, 0.2) is 0 Å². The molecule has 1 amide bonds. The lowest BCUT2D eigenvalue weighted by Crippen LogP contribution is -2.39. The van der Waals surface area contributed by atoms with E-state index in [0.29, 0.717) is 6.04 Å². The van der Waals surface area contributed by atoms with Crippen LogP contribution in [0.5, 0.6) is 0 Å². The Morgan fingerprint density at radius 2 is 2.22 bits per heavy atom. The van der Waals surface area contributed by atoms with Crippen molar-refractivity contribution in [3.8, 4) is 0 Å². The monoisotopic (exact) mass is 261 g/mol. The number of fused-ring (bicyclic) bond motifs is 3. The molecule has 1 aliphatic carbocycles. The number of carbonyl (C=O) groups excluding carboxylic acids is 1. The molecule has 1 fully saturated rings. The van der Waals surface area contributed by atoms with E-state index in [4.69, 9.17) is 0 Å². The molecule has 0 saturated heterocycles. The number of hydrogen-bond acceptors (Lipinski definition) is 4. The van der Waals surface area contributed by atoms with Crippen molar-refractivity contribution in [2.24, 2.45) is 0 Å². The van der Waals surface area contributed by atoms with E-state index < -0.39 is 0 Å². The van der Waals surface area contributed by atoms with Crippen LogP contribution in [0.25, 0.3) is 0 Å². The van der Waals surface area contributed by atoms with E-state index in [1.54, 1.807) is 11.3 Å². The molecule has 1 aromatic heterocycles. The first-order valence-corrected chi connectivity index (χ1v) is 7.22. The van der Waals surface area contributed by atoms with Gasteiger partial charge in [0.2, 0.25) is 0 Å². The van der Waals surface area contributed by atoms with Gasteiger partial charge in [0.25, 0.3) is 5.91 Å². The van der Waals surface area contributed by atoms with Crippen molar-refractivity contribution in [2.75, 3.05) is 11.9 Å². The van der Waals surface area contributed by atoms with Crippen molar-refractivity contribution in [2.45, 2.75) is 31.8 Å². The summed E-state index contributed by atoms with van der Waals surface area (Å²) in [5.41, 5.74) is 2.17. The van der Waals surface area contributed by atoms with Gasteiger partial charge in [-0.1, -0.05) is 6.58 Å². The fourth-order valence-electron chi connectivity index (χ4n) is 2.80. The Morgan fingerprint density at radius 3 is 3.00 bits per heavy atom. The quantitative estimate of drug-likeness (QED) is 0.811. The van der Waals surface area contributed by atoms with Gasteiger partial charge in [-0.15, -0.1) is 11.3 Å². The summed E-state index contributed by atoms with van der Waals surface area (Å²) < 4.78 is 0. The molecule has 4 nitrogen and oxygen atoms in total. The van der Waals surface area contributed by atoms with Gasteiger partial charge in [0.05, 0.1) is 5.56 Å². The molecule has 0 aromatic carbocycles. The van der Waals surface area contributed by atoms with Crippen molar-refractivity contribution in [1.29, 1.82) is 0 Å². The highest BCUT2D eigenvalue weighted by Gasteiger charge is 2.41. The predicted octanol–water partition coefficient (Wildman–Crippen LogP) is 1.90.